The minimum Gasteiger partial charge on any atom is -0.516 e. The predicted octanol–water partition coefficient (Wildman–Crippen LogP) is 3.63. The van der Waals surface area contributed by atoms with Gasteiger partial charge in [-0.1, -0.05) is 6.58 Å². The van der Waals surface area contributed by atoms with Crippen LogP contribution in [0.15, 0.2) is 12.8 Å². The normalized spacial score (nSPS) is 13.5. The monoisotopic (exact) mass is 267 g/mol. The Morgan fingerprint density at radius 2 is 1.83 bits per heavy atom. The maximum Gasteiger partial charge on any atom is 0.407 e. The molecule has 0 aromatic rings. The minimum atomic E-state index is -2.17. The van der Waals surface area contributed by atoms with E-state index in [0.717, 1.165) is 26.0 Å². The zero-order chi connectivity index (χ0) is 14.8. The lowest BCUT2D eigenvalue weighted by molar-refractivity contribution is 0.0524. The standard InChI is InChI=1S/C8H15NO2.C2H4F2.C2H4O/c1-8(2,3)11-7(10)9-6-4-5-6;1-2(3)4;1-2-3/h6H,4-5H2,1-3H3,(H,9,10);2H,1H3;2-3H,1H2. The van der Waals surface area contributed by atoms with Crippen LogP contribution < -0.4 is 5.32 Å². The Labute approximate surface area is 107 Å². The van der Waals surface area contributed by atoms with Crippen LogP contribution in [-0.4, -0.2) is 29.3 Å². The highest BCUT2D eigenvalue weighted by Gasteiger charge is 2.25. The van der Waals surface area contributed by atoms with Crippen LogP contribution in [0.3, 0.4) is 0 Å². The van der Waals surface area contributed by atoms with Gasteiger partial charge in [0, 0.05) is 6.04 Å². The first-order chi connectivity index (χ1) is 8.12. The maximum absolute atomic E-state index is 11.0. The van der Waals surface area contributed by atoms with Gasteiger partial charge in [0.05, 0.1) is 6.26 Å². The molecule has 0 aliphatic heterocycles. The number of halogens is 2. The van der Waals surface area contributed by atoms with E-state index in [-0.39, 0.29) is 11.7 Å². The minimum absolute atomic E-state index is 0.292. The molecule has 1 saturated carbocycles. The molecule has 1 fully saturated rings. The van der Waals surface area contributed by atoms with E-state index < -0.39 is 6.43 Å². The molecule has 4 nitrogen and oxygen atoms in total. The first-order valence-corrected chi connectivity index (χ1v) is 5.65. The molecule has 0 heterocycles. The van der Waals surface area contributed by atoms with Gasteiger partial charge in [0.2, 0.25) is 6.43 Å². The molecule has 0 saturated heterocycles. The number of amides is 1. The van der Waals surface area contributed by atoms with Crippen molar-refractivity contribution in [2.75, 3.05) is 0 Å². The first-order valence-electron chi connectivity index (χ1n) is 5.65. The average molecular weight is 267 g/mol. The number of alkyl carbamates (subject to hydrolysis) is 1. The lowest BCUT2D eigenvalue weighted by Crippen LogP contribution is -2.33. The Bertz CT molecular complexity index is 233. The number of nitrogens with one attached hydrogen (secondary N) is 1. The topological polar surface area (TPSA) is 58.6 Å². The van der Waals surface area contributed by atoms with Crippen molar-refractivity contribution in [1.29, 1.82) is 0 Å². The van der Waals surface area contributed by atoms with Crippen molar-refractivity contribution in [3.8, 4) is 0 Å². The molecule has 0 aromatic heterocycles. The number of aliphatic hydroxyl groups is 1. The third kappa shape index (κ3) is 24.1. The van der Waals surface area contributed by atoms with Crippen molar-refractivity contribution in [1.82, 2.24) is 5.32 Å². The lowest BCUT2D eigenvalue weighted by atomic mass is 10.2. The lowest BCUT2D eigenvalue weighted by Gasteiger charge is -2.19. The molecule has 6 heteroatoms. The van der Waals surface area contributed by atoms with Crippen LogP contribution in [0.1, 0.15) is 40.5 Å². The van der Waals surface area contributed by atoms with E-state index >= 15 is 0 Å². The molecule has 0 radical (unpaired) electrons. The molecule has 108 valence electrons. The zero-order valence-electron chi connectivity index (χ0n) is 11.4. The van der Waals surface area contributed by atoms with Crippen LogP contribution in [0, 0.1) is 0 Å². The summed E-state index contributed by atoms with van der Waals surface area (Å²) < 4.78 is 25.7. The fourth-order valence-corrected chi connectivity index (χ4v) is 0.702. The van der Waals surface area contributed by atoms with Gasteiger partial charge in [0.25, 0.3) is 0 Å². The molecule has 0 unspecified atom stereocenters. The third-order valence-electron chi connectivity index (χ3n) is 1.30. The number of rotatable bonds is 1. The molecule has 0 spiro atoms. The second-order valence-electron chi connectivity index (χ2n) is 4.62. The van der Waals surface area contributed by atoms with E-state index in [0.29, 0.717) is 6.04 Å². The number of ether oxygens (including phenoxy) is 1. The summed E-state index contributed by atoms with van der Waals surface area (Å²) in [6, 6.07) is 0.379. The highest BCUT2D eigenvalue weighted by atomic mass is 19.3. The van der Waals surface area contributed by atoms with E-state index in [1.54, 1.807) is 0 Å². The SMILES string of the molecule is C=CO.CC(C)(C)OC(=O)NC1CC1.CC(F)F. The Morgan fingerprint density at radius 1 is 1.50 bits per heavy atom. The number of alkyl halides is 2. The summed E-state index contributed by atoms with van der Waals surface area (Å²) in [5.41, 5.74) is -0.376. The number of hydrogen-bond acceptors (Lipinski definition) is 3. The summed E-state index contributed by atoms with van der Waals surface area (Å²) in [7, 11) is 0. The maximum atomic E-state index is 11.0. The molecule has 18 heavy (non-hydrogen) atoms. The van der Waals surface area contributed by atoms with Gasteiger partial charge in [-0.05, 0) is 40.5 Å². The summed E-state index contributed by atoms with van der Waals surface area (Å²) in [6.45, 7) is 9.33. The highest BCUT2D eigenvalue weighted by molar-refractivity contribution is 5.68. The van der Waals surface area contributed by atoms with Gasteiger partial charge in [-0.25, -0.2) is 13.6 Å². The van der Waals surface area contributed by atoms with Crippen molar-refractivity contribution >= 4 is 6.09 Å². The fraction of sp³-hybridized carbons (Fsp3) is 0.750. The van der Waals surface area contributed by atoms with Crippen LogP contribution >= 0.6 is 0 Å². The largest absolute Gasteiger partial charge is 0.516 e. The summed E-state index contributed by atoms with van der Waals surface area (Å²) in [5.74, 6) is 0. The molecule has 0 atom stereocenters. The summed E-state index contributed by atoms with van der Waals surface area (Å²) >= 11 is 0. The molecular formula is C12H23F2NO3. The average Bonchev–Trinajstić information content (AvgIpc) is 2.83. The van der Waals surface area contributed by atoms with E-state index in [2.05, 4.69) is 11.9 Å². The van der Waals surface area contributed by atoms with Gasteiger partial charge in [-0.15, -0.1) is 0 Å². The molecule has 0 aromatic carbocycles. The molecule has 1 rings (SSSR count). The molecule has 1 amide bonds. The van der Waals surface area contributed by atoms with Gasteiger partial charge in [-0.2, -0.15) is 0 Å². The van der Waals surface area contributed by atoms with Crippen molar-refractivity contribution in [3.63, 3.8) is 0 Å². The molecule has 2 N–H and O–H groups in total. The van der Waals surface area contributed by atoms with Crippen LogP contribution in [0.5, 0.6) is 0 Å². The number of aliphatic hydroxyl groups excluding tert-OH is 1. The quantitative estimate of drug-likeness (QED) is 0.713. The van der Waals surface area contributed by atoms with Crippen molar-refractivity contribution < 1.29 is 23.4 Å². The number of carbonyl (C=O) groups excluding carboxylic acids is 1. The van der Waals surface area contributed by atoms with Gasteiger partial charge in [0.15, 0.2) is 0 Å². The number of carbonyl (C=O) groups is 1. The first kappa shape index (κ1) is 19.0. The van der Waals surface area contributed by atoms with Gasteiger partial charge in [-0.3, -0.25) is 0 Å². The highest BCUT2D eigenvalue weighted by Crippen LogP contribution is 2.19. The van der Waals surface area contributed by atoms with Gasteiger partial charge < -0.3 is 15.2 Å². The van der Waals surface area contributed by atoms with E-state index in [4.69, 9.17) is 9.84 Å². The molecular weight excluding hydrogens is 244 g/mol. The van der Waals surface area contributed by atoms with E-state index in [1.165, 1.54) is 0 Å². The van der Waals surface area contributed by atoms with Crippen LogP contribution in [-0.2, 0) is 4.74 Å². The predicted molar refractivity (Wildman–Crippen MR) is 66.9 cm³/mol. The van der Waals surface area contributed by atoms with Gasteiger partial charge >= 0.3 is 6.09 Å². The summed E-state index contributed by atoms with van der Waals surface area (Å²) in [5, 5.41) is 10.1. The Kier molecular flexibility index (Phi) is 10.2. The Hall–Kier alpha value is -1.33. The van der Waals surface area contributed by atoms with Crippen molar-refractivity contribution in [3.05, 3.63) is 12.8 Å². The third-order valence-corrected chi connectivity index (χ3v) is 1.30. The van der Waals surface area contributed by atoms with E-state index in [9.17, 15) is 13.6 Å². The molecule has 0 bridgehead atoms. The van der Waals surface area contributed by atoms with Crippen LogP contribution in [0.4, 0.5) is 13.6 Å². The van der Waals surface area contributed by atoms with Crippen LogP contribution in [0.2, 0.25) is 0 Å². The second kappa shape index (κ2) is 9.67. The fourth-order valence-electron chi connectivity index (χ4n) is 0.702. The van der Waals surface area contributed by atoms with Crippen molar-refractivity contribution in [2.24, 2.45) is 0 Å². The Balaban J connectivity index is 0. The van der Waals surface area contributed by atoms with Crippen molar-refractivity contribution in [2.45, 2.75) is 58.6 Å². The zero-order valence-corrected chi connectivity index (χ0v) is 11.4. The smallest absolute Gasteiger partial charge is 0.407 e. The second-order valence-corrected chi connectivity index (χ2v) is 4.62. The summed E-state index contributed by atoms with van der Waals surface area (Å²) in [6.07, 6.45) is 0.485. The number of hydrogen-bond donors (Lipinski definition) is 2. The Morgan fingerprint density at radius 3 is 2.06 bits per heavy atom. The van der Waals surface area contributed by atoms with Gasteiger partial charge in [0.1, 0.15) is 5.60 Å². The van der Waals surface area contributed by atoms with E-state index in [1.807, 2.05) is 20.8 Å². The molecule has 1 aliphatic rings. The molecule has 1 aliphatic carbocycles. The summed E-state index contributed by atoms with van der Waals surface area (Å²) in [4.78, 5) is 11.0. The van der Waals surface area contributed by atoms with Crippen LogP contribution in [0.25, 0.3) is 0 Å².